The number of benzene rings is 2. The van der Waals surface area contributed by atoms with Crippen LogP contribution >= 0.6 is 7.52 Å². The minimum absolute atomic E-state index is 0.131. The Morgan fingerprint density at radius 3 is 2.24 bits per heavy atom. The fourth-order valence-corrected chi connectivity index (χ4v) is 4.43. The molecule has 2 aromatic carbocycles. The smallest absolute Gasteiger partial charge is 0.407 e. The Balaban J connectivity index is 1.87. The number of amides is 1. The van der Waals surface area contributed by atoms with Crippen LogP contribution in [0.5, 0.6) is 5.75 Å². The molecule has 2 aromatic rings. The molecule has 1 amide bonds. The Kier molecular flexibility index (Phi) is 10.9. The van der Waals surface area contributed by atoms with Crippen LogP contribution in [0.25, 0.3) is 0 Å². The molecular weight excluding hydrogens is 447 g/mol. The van der Waals surface area contributed by atoms with E-state index in [1.54, 1.807) is 44.2 Å². The first-order valence-corrected chi connectivity index (χ1v) is 12.5. The maximum absolute atomic E-state index is 13.4. The number of esters is 1. The third kappa shape index (κ3) is 10.1. The third-order valence-corrected chi connectivity index (χ3v) is 6.08. The van der Waals surface area contributed by atoms with E-state index in [0.717, 1.165) is 5.56 Å². The Hall–Kier alpha value is -2.87. The maximum Gasteiger partial charge on any atom is 0.407 e. The van der Waals surface area contributed by atoms with Gasteiger partial charge in [-0.2, -0.15) is 0 Å². The van der Waals surface area contributed by atoms with Gasteiger partial charge in [0.05, 0.1) is 12.7 Å². The minimum Gasteiger partial charge on any atom is -0.465 e. The van der Waals surface area contributed by atoms with Crippen LogP contribution in [0.2, 0.25) is 0 Å². The van der Waals surface area contributed by atoms with Crippen molar-refractivity contribution in [2.24, 2.45) is 0 Å². The average molecular weight is 478 g/mol. The summed E-state index contributed by atoms with van der Waals surface area (Å²) >= 11 is 0. The van der Waals surface area contributed by atoms with Gasteiger partial charge in [0.1, 0.15) is 24.7 Å². The molecule has 2 N–H and O–H groups in total. The highest BCUT2D eigenvalue weighted by atomic mass is 31.2. The summed E-state index contributed by atoms with van der Waals surface area (Å²) in [5, 5.41) is 5.31. The summed E-state index contributed by atoms with van der Waals surface area (Å²) in [5.74, 6) is -0.187. The molecule has 0 fully saturated rings. The number of ether oxygens (including phenoxy) is 3. The zero-order valence-corrected chi connectivity index (χ0v) is 20.0. The number of hydrogen-bond acceptors (Lipinski definition) is 7. The van der Waals surface area contributed by atoms with E-state index in [4.69, 9.17) is 18.7 Å². The molecule has 0 radical (unpaired) electrons. The van der Waals surface area contributed by atoms with Crippen LogP contribution in [0.1, 0.15) is 26.3 Å². The third-order valence-electron chi connectivity index (χ3n) is 4.30. The Bertz CT molecular complexity index is 912. The van der Waals surface area contributed by atoms with Crippen molar-refractivity contribution in [1.29, 1.82) is 0 Å². The summed E-state index contributed by atoms with van der Waals surface area (Å²) in [6, 6.07) is 17.0. The van der Waals surface area contributed by atoms with E-state index in [2.05, 4.69) is 10.4 Å². The molecule has 0 saturated heterocycles. The van der Waals surface area contributed by atoms with Crippen LogP contribution < -0.4 is 14.9 Å². The lowest BCUT2D eigenvalue weighted by Crippen LogP contribution is -2.37. The highest BCUT2D eigenvalue weighted by Crippen LogP contribution is 2.43. The van der Waals surface area contributed by atoms with Gasteiger partial charge in [-0.3, -0.25) is 9.36 Å². The minimum atomic E-state index is -3.65. The molecule has 9 nitrogen and oxygen atoms in total. The van der Waals surface area contributed by atoms with E-state index in [1.807, 2.05) is 30.3 Å². The molecule has 180 valence electrons. The van der Waals surface area contributed by atoms with Crippen molar-refractivity contribution in [3.8, 4) is 5.75 Å². The van der Waals surface area contributed by atoms with Crippen LogP contribution in [0, 0.1) is 0 Å². The van der Waals surface area contributed by atoms with Crippen molar-refractivity contribution >= 4 is 19.6 Å². The van der Waals surface area contributed by atoms with Crippen molar-refractivity contribution in [2.75, 3.05) is 19.5 Å². The van der Waals surface area contributed by atoms with Crippen LogP contribution in [0.4, 0.5) is 4.79 Å². The van der Waals surface area contributed by atoms with Gasteiger partial charge in [0, 0.05) is 6.54 Å². The van der Waals surface area contributed by atoms with Crippen molar-refractivity contribution in [3.05, 3.63) is 66.2 Å². The van der Waals surface area contributed by atoms with Crippen molar-refractivity contribution in [1.82, 2.24) is 10.4 Å². The molecule has 0 spiro atoms. The first kappa shape index (κ1) is 26.4. The standard InChI is InChI=1S/C23H31N2O7P/c1-4-29-22(26)19(3)25-33(28,32-21-13-9-6-10-14-21)17-31-18(2)15-24-23(27)30-16-20-11-7-5-8-12-20/h5-14,18-19H,4,15-17H2,1-3H3,(H,24,27)(H,25,28)/t18-,19+,33?/m1/s1. The number of alkyl carbamates (subject to hydrolysis) is 1. The first-order valence-electron chi connectivity index (χ1n) is 10.7. The second-order valence-electron chi connectivity index (χ2n) is 7.23. The van der Waals surface area contributed by atoms with Gasteiger partial charge in [0.15, 0.2) is 0 Å². The lowest BCUT2D eigenvalue weighted by atomic mass is 10.2. The van der Waals surface area contributed by atoms with E-state index in [9.17, 15) is 14.2 Å². The first-order chi connectivity index (χ1) is 15.8. The number of carbonyl (C=O) groups excluding carboxylic acids is 2. The predicted molar refractivity (Wildman–Crippen MR) is 124 cm³/mol. The summed E-state index contributed by atoms with van der Waals surface area (Å²) in [5.41, 5.74) is 0.873. The lowest BCUT2D eigenvalue weighted by molar-refractivity contribution is -0.144. The Labute approximate surface area is 194 Å². The highest BCUT2D eigenvalue weighted by molar-refractivity contribution is 7.57. The van der Waals surface area contributed by atoms with E-state index < -0.39 is 31.7 Å². The molecular formula is C23H31N2O7P. The van der Waals surface area contributed by atoms with Gasteiger partial charge in [0.25, 0.3) is 0 Å². The van der Waals surface area contributed by atoms with Crippen LogP contribution in [-0.2, 0) is 30.2 Å². The van der Waals surface area contributed by atoms with Crippen molar-refractivity contribution in [3.63, 3.8) is 0 Å². The summed E-state index contributed by atoms with van der Waals surface area (Å²) in [4.78, 5) is 23.9. The molecule has 3 atom stereocenters. The molecule has 2 rings (SSSR count). The van der Waals surface area contributed by atoms with Crippen LogP contribution in [0.3, 0.4) is 0 Å². The van der Waals surface area contributed by atoms with E-state index in [0.29, 0.717) is 5.75 Å². The zero-order chi connectivity index (χ0) is 24.1. The summed E-state index contributed by atoms with van der Waals surface area (Å²) < 4.78 is 34.9. The molecule has 0 aliphatic heterocycles. The fourth-order valence-electron chi connectivity index (χ4n) is 2.64. The summed E-state index contributed by atoms with van der Waals surface area (Å²) in [6.45, 7) is 5.41. The van der Waals surface area contributed by atoms with E-state index in [-0.39, 0.29) is 26.1 Å². The van der Waals surface area contributed by atoms with Gasteiger partial charge in [-0.05, 0) is 38.5 Å². The molecule has 0 bridgehead atoms. The Morgan fingerprint density at radius 2 is 1.61 bits per heavy atom. The number of para-hydroxylation sites is 1. The predicted octanol–water partition coefficient (Wildman–Crippen LogP) is 4.09. The van der Waals surface area contributed by atoms with Gasteiger partial charge >= 0.3 is 19.6 Å². The van der Waals surface area contributed by atoms with E-state index >= 15 is 0 Å². The molecule has 0 heterocycles. The number of carbonyl (C=O) groups is 2. The van der Waals surface area contributed by atoms with Crippen LogP contribution in [0.15, 0.2) is 60.7 Å². The second-order valence-corrected chi connectivity index (χ2v) is 9.28. The van der Waals surface area contributed by atoms with Gasteiger partial charge < -0.3 is 24.1 Å². The number of nitrogens with one attached hydrogen (secondary N) is 2. The molecule has 33 heavy (non-hydrogen) atoms. The maximum atomic E-state index is 13.4. The largest absolute Gasteiger partial charge is 0.465 e. The molecule has 0 aliphatic rings. The van der Waals surface area contributed by atoms with Gasteiger partial charge in [-0.25, -0.2) is 9.88 Å². The van der Waals surface area contributed by atoms with Crippen molar-refractivity contribution in [2.45, 2.75) is 39.5 Å². The quantitative estimate of drug-likeness (QED) is 0.327. The van der Waals surface area contributed by atoms with Crippen molar-refractivity contribution < 1.29 is 32.9 Å². The molecule has 0 saturated carbocycles. The number of rotatable bonds is 13. The molecule has 1 unspecified atom stereocenters. The normalized spacial score (nSPS) is 14.4. The SMILES string of the molecule is CCOC(=O)[C@H](C)NP(=O)(CO[C@H](C)CNC(=O)OCc1ccccc1)Oc1ccccc1. The fraction of sp³-hybridized carbons (Fsp3) is 0.391. The van der Waals surface area contributed by atoms with Crippen LogP contribution in [-0.4, -0.2) is 43.7 Å². The molecule has 10 heteroatoms. The summed E-state index contributed by atoms with van der Waals surface area (Å²) in [7, 11) is -3.65. The Morgan fingerprint density at radius 1 is 0.970 bits per heavy atom. The topological polar surface area (TPSA) is 112 Å². The monoisotopic (exact) mass is 478 g/mol. The highest BCUT2D eigenvalue weighted by Gasteiger charge is 2.31. The average Bonchev–Trinajstić information content (AvgIpc) is 2.81. The van der Waals surface area contributed by atoms with Gasteiger partial charge in [-0.15, -0.1) is 0 Å². The molecule has 0 aromatic heterocycles. The van der Waals surface area contributed by atoms with Gasteiger partial charge in [-0.1, -0.05) is 48.5 Å². The summed E-state index contributed by atoms with van der Waals surface area (Å²) in [6.07, 6.45) is -1.41. The zero-order valence-electron chi connectivity index (χ0n) is 19.1. The van der Waals surface area contributed by atoms with Gasteiger partial charge in [0.2, 0.25) is 0 Å². The van der Waals surface area contributed by atoms with E-state index in [1.165, 1.54) is 6.92 Å². The lowest BCUT2D eigenvalue weighted by Gasteiger charge is -2.25. The number of hydrogen-bond donors (Lipinski definition) is 2. The molecule has 0 aliphatic carbocycles. The second kappa shape index (κ2) is 13.6.